The highest BCUT2D eigenvalue weighted by atomic mass is 35.5. The molecule has 1 aliphatic heterocycles. The summed E-state index contributed by atoms with van der Waals surface area (Å²) in [5, 5.41) is 3.12. The van der Waals surface area contributed by atoms with Gasteiger partial charge in [0.1, 0.15) is 5.82 Å². The molecule has 8 nitrogen and oxygen atoms in total. The van der Waals surface area contributed by atoms with Crippen molar-refractivity contribution in [2.24, 2.45) is 0 Å². The minimum absolute atomic E-state index is 0.100. The maximum atomic E-state index is 13.3. The molecule has 0 radical (unpaired) electrons. The zero-order valence-corrected chi connectivity index (χ0v) is 21.5. The van der Waals surface area contributed by atoms with Crippen LogP contribution in [0.4, 0.5) is 15.8 Å². The third kappa shape index (κ3) is 6.04. The van der Waals surface area contributed by atoms with Gasteiger partial charge in [-0.25, -0.2) is 25.9 Å². The Morgan fingerprint density at radius 3 is 2.33 bits per heavy atom. The van der Waals surface area contributed by atoms with E-state index >= 15 is 0 Å². The van der Waals surface area contributed by atoms with Crippen LogP contribution < -0.4 is 14.3 Å². The first-order valence-electron chi connectivity index (χ1n) is 10.9. The largest absolute Gasteiger partial charge is 0.326 e. The number of hydrogen-bond donors (Lipinski definition) is 2. The average Bonchev–Trinajstić information content (AvgIpc) is 3.22. The van der Waals surface area contributed by atoms with E-state index in [0.717, 1.165) is 11.8 Å². The maximum Gasteiger partial charge on any atom is 0.264 e. The zero-order valence-electron chi connectivity index (χ0n) is 19.1. The third-order valence-corrected chi connectivity index (χ3v) is 8.43. The van der Waals surface area contributed by atoms with E-state index in [2.05, 4.69) is 10.0 Å². The highest BCUT2D eigenvalue weighted by molar-refractivity contribution is 7.92. The SMILES string of the molecule is CS(=O)(=O)NC(CC(=O)Nc1ccc2c(c1)N(S(=O)(=O)c1ccc(Cl)cc1)CC2)c1ccc(F)cc1. The second-order valence-electron chi connectivity index (χ2n) is 8.37. The van der Waals surface area contributed by atoms with Gasteiger partial charge in [0.25, 0.3) is 10.0 Å². The van der Waals surface area contributed by atoms with Crippen LogP contribution in [0.15, 0.2) is 71.6 Å². The molecular formula is C24H23ClFN3O5S2. The Hall–Kier alpha value is -2.99. The lowest BCUT2D eigenvalue weighted by atomic mass is 10.0. The van der Waals surface area contributed by atoms with Crippen LogP contribution >= 0.6 is 11.6 Å². The van der Waals surface area contributed by atoms with E-state index in [-0.39, 0.29) is 17.9 Å². The smallest absolute Gasteiger partial charge is 0.264 e. The zero-order chi connectivity index (χ0) is 26.1. The quantitative estimate of drug-likeness (QED) is 0.441. The average molecular weight is 552 g/mol. The minimum atomic E-state index is -3.84. The summed E-state index contributed by atoms with van der Waals surface area (Å²) in [7, 11) is -7.50. The van der Waals surface area contributed by atoms with Gasteiger partial charge in [-0.3, -0.25) is 9.10 Å². The predicted octanol–water partition coefficient (Wildman–Crippen LogP) is 3.85. The number of hydrogen-bond acceptors (Lipinski definition) is 5. The number of sulfonamides is 2. The van der Waals surface area contributed by atoms with Gasteiger partial charge in [0, 0.05) is 23.7 Å². The Kier molecular flexibility index (Phi) is 7.37. The number of carbonyl (C=O) groups excluding carboxylic acids is 1. The molecule has 0 aromatic heterocycles. The summed E-state index contributed by atoms with van der Waals surface area (Å²) in [6.45, 7) is 0.253. The van der Waals surface area contributed by atoms with Gasteiger partial charge in [-0.2, -0.15) is 0 Å². The Morgan fingerprint density at radius 2 is 1.69 bits per heavy atom. The fourth-order valence-corrected chi connectivity index (χ4v) is 6.35. The van der Waals surface area contributed by atoms with E-state index in [4.69, 9.17) is 11.6 Å². The summed E-state index contributed by atoms with van der Waals surface area (Å²) in [5.41, 5.74) is 2.04. The first-order valence-corrected chi connectivity index (χ1v) is 14.6. The van der Waals surface area contributed by atoms with E-state index in [9.17, 15) is 26.0 Å². The van der Waals surface area contributed by atoms with Crippen LogP contribution in [-0.4, -0.2) is 35.5 Å². The van der Waals surface area contributed by atoms with Gasteiger partial charge < -0.3 is 5.32 Å². The van der Waals surface area contributed by atoms with Crippen LogP contribution in [0.2, 0.25) is 5.02 Å². The minimum Gasteiger partial charge on any atom is -0.326 e. The molecule has 0 bridgehead atoms. The monoisotopic (exact) mass is 551 g/mol. The molecule has 1 unspecified atom stereocenters. The Morgan fingerprint density at radius 1 is 1.03 bits per heavy atom. The fraction of sp³-hybridized carbons (Fsp3) is 0.208. The van der Waals surface area contributed by atoms with Crippen molar-refractivity contribution in [3.63, 3.8) is 0 Å². The van der Waals surface area contributed by atoms with Crippen LogP contribution in [0.3, 0.4) is 0 Å². The standard InChI is InChI=1S/C24H23ClFN3O5S2/c1-35(31,32)28-22(16-2-7-19(26)8-3-16)15-24(30)27-20-9-4-17-12-13-29(23(17)14-20)36(33,34)21-10-5-18(25)6-11-21/h2-11,14,22,28H,12-13,15H2,1H3,(H,27,30). The lowest BCUT2D eigenvalue weighted by Crippen LogP contribution is -2.31. The van der Waals surface area contributed by atoms with E-state index < -0.39 is 37.8 Å². The topological polar surface area (TPSA) is 113 Å². The number of rotatable bonds is 8. The predicted molar refractivity (Wildman–Crippen MR) is 136 cm³/mol. The number of carbonyl (C=O) groups is 1. The van der Waals surface area contributed by atoms with Crippen molar-refractivity contribution < 1.29 is 26.0 Å². The normalized spacial score (nSPS) is 14.4. The van der Waals surface area contributed by atoms with Crippen molar-refractivity contribution in [3.8, 4) is 0 Å². The Balaban J connectivity index is 1.54. The molecule has 4 rings (SSSR count). The third-order valence-electron chi connectivity index (χ3n) is 5.64. The molecule has 190 valence electrons. The number of halogens is 2. The first kappa shape index (κ1) is 26.1. The van der Waals surface area contributed by atoms with Crippen molar-refractivity contribution in [2.45, 2.75) is 23.8 Å². The molecule has 2 N–H and O–H groups in total. The van der Waals surface area contributed by atoms with Crippen molar-refractivity contribution in [1.29, 1.82) is 0 Å². The van der Waals surface area contributed by atoms with Crippen molar-refractivity contribution in [2.75, 3.05) is 22.4 Å². The summed E-state index contributed by atoms with van der Waals surface area (Å²) in [6.07, 6.45) is 1.22. The summed E-state index contributed by atoms with van der Waals surface area (Å²) >= 11 is 5.89. The number of nitrogens with zero attached hydrogens (tertiary/aromatic N) is 1. The molecular weight excluding hydrogens is 529 g/mol. The number of amides is 1. The molecule has 0 aliphatic carbocycles. The van der Waals surface area contributed by atoms with E-state index in [1.165, 1.54) is 52.8 Å². The van der Waals surface area contributed by atoms with Crippen molar-refractivity contribution >= 4 is 48.9 Å². The number of benzene rings is 3. The van der Waals surface area contributed by atoms with Gasteiger partial charge in [0.15, 0.2) is 0 Å². The van der Waals surface area contributed by atoms with Crippen LogP contribution in [0.25, 0.3) is 0 Å². The molecule has 12 heteroatoms. The highest BCUT2D eigenvalue weighted by Gasteiger charge is 2.31. The van der Waals surface area contributed by atoms with Gasteiger partial charge in [-0.05, 0) is 66.1 Å². The molecule has 0 spiro atoms. The number of anilines is 2. The van der Waals surface area contributed by atoms with Crippen LogP contribution in [0.5, 0.6) is 0 Å². The van der Waals surface area contributed by atoms with Gasteiger partial charge in [0.2, 0.25) is 15.9 Å². The van der Waals surface area contributed by atoms with Gasteiger partial charge >= 0.3 is 0 Å². The molecule has 0 fully saturated rings. The lowest BCUT2D eigenvalue weighted by Gasteiger charge is -2.21. The molecule has 36 heavy (non-hydrogen) atoms. The second-order valence-corrected chi connectivity index (χ2v) is 12.4. The van der Waals surface area contributed by atoms with Gasteiger partial charge in [-0.1, -0.05) is 29.8 Å². The molecule has 1 amide bonds. The Bertz CT molecular complexity index is 1500. The molecule has 1 heterocycles. The summed E-state index contributed by atoms with van der Waals surface area (Å²) < 4.78 is 67.1. The van der Waals surface area contributed by atoms with Gasteiger partial charge in [-0.15, -0.1) is 0 Å². The maximum absolute atomic E-state index is 13.3. The van der Waals surface area contributed by atoms with Crippen LogP contribution in [0.1, 0.15) is 23.6 Å². The second kappa shape index (κ2) is 10.2. The molecule has 1 aliphatic rings. The molecule has 0 saturated heterocycles. The van der Waals surface area contributed by atoms with Crippen molar-refractivity contribution in [3.05, 3.63) is 88.7 Å². The summed E-state index contributed by atoms with van der Waals surface area (Å²) in [4.78, 5) is 12.9. The van der Waals surface area contributed by atoms with E-state index in [0.29, 0.717) is 28.4 Å². The molecule has 0 saturated carbocycles. The molecule has 1 atom stereocenters. The number of nitrogens with one attached hydrogen (secondary N) is 2. The lowest BCUT2D eigenvalue weighted by molar-refractivity contribution is -0.116. The molecule has 3 aromatic carbocycles. The number of fused-ring (bicyclic) bond motifs is 1. The van der Waals surface area contributed by atoms with E-state index in [1.807, 2.05) is 0 Å². The highest BCUT2D eigenvalue weighted by Crippen LogP contribution is 2.35. The van der Waals surface area contributed by atoms with Gasteiger partial charge in [0.05, 0.1) is 22.9 Å². The fourth-order valence-electron chi connectivity index (χ4n) is 3.99. The Labute approximate surface area is 214 Å². The van der Waals surface area contributed by atoms with E-state index in [1.54, 1.807) is 18.2 Å². The van der Waals surface area contributed by atoms with Crippen LogP contribution in [0, 0.1) is 5.82 Å². The summed E-state index contributed by atoms with van der Waals surface area (Å²) in [6, 6.07) is 15.1. The van der Waals surface area contributed by atoms with Crippen LogP contribution in [-0.2, 0) is 31.3 Å². The summed E-state index contributed by atoms with van der Waals surface area (Å²) in [5.74, 6) is -0.997. The van der Waals surface area contributed by atoms with Crippen molar-refractivity contribution in [1.82, 2.24) is 4.72 Å². The molecule has 3 aromatic rings. The first-order chi connectivity index (χ1) is 16.9.